The molecule has 6 aliphatic rings. The summed E-state index contributed by atoms with van der Waals surface area (Å²) in [5.74, 6) is 5.17. The van der Waals surface area contributed by atoms with E-state index in [1.165, 1.54) is 89.7 Å². The summed E-state index contributed by atoms with van der Waals surface area (Å²) in [6, 6.07) is 43.4. The van der Waals surface area contributed by atoms with Gasteiger partial charge in [0.2, 0.25) is 0 Å². The van der Waals surface area contributed by atoms with E-state index in [4.69, 9.17) is 4.74 Å². The average Bonchev–Trinajstić information content (AvgIpc) is 3.12. The minimum atomic E-state index is -0.0275. The normalized spacial score (nSPS) is 27.6. The predicted octanol–water partition coefficient (Wildman–Crippen LogP) is 13.0. The Morgan fingerprint density at radius 2 is 1.12 bits per heavy atom. The molecule has 1 spiro atoms. The molecule has 2 nitrogen and oxygen atoms in total. The van der Waals surface area contributed by atoms with Crippen LogP contribution in [0.2, 0.25) is 0 Å². The van der Waals surface area contributed by atoms with Gasteiger partial charge in [0, 0.05) is 39.7 Å². The zero-order valence-corrected chi connectivity index (χ0v) is 30.1. The highest BCUT2D eigenvalue weighted by atomic mass is 16.5. The van der Waals surface area contributed by atoms with E-state index in [-0.39, 0.29) is 16.2 Å². The molecule has 1 aliphatic heterocycles. The summed E-state index contributed by atoms with van der Waals surface area (Å²) in [5.41, 5.74) is 12.3. The smallest absolute Gasteiger partial charge is 0.133 e. The van der Waals surface area contributed by atoms with Crippen LogP contribution in [0.1, 0.15) is 94.9 Å². The first kappa shape index (κ1) is 30.5. The van der Waals surface area contributed by atoms with Gasteiger partial charge in [-0.15, -0.1) is 0 Å². The number of hydrogen-bond acceptors (Lipinski definition) is 2. The largest absolute Gasteiger partial charge is 0.457 e. The Balaban J connectivity index is 1.17. The second-order valence-electron chi connectivity index (χ2n) is 17.7. The van der Waals surface area contributed by atoms with Gasteiger partial charge in [0.1, 0.15) is 11.5 Å². The minimum absolute atomic E-state index is 0.0275. The summed E-state index contributed by atoms with van der Waals surface area (Å²) >= 11 is 0. The van der Waals surface area contributed by atoms with Crippen molar-refractivity contribution >= 4 is 17.1 Å². The molecule has 5 aromatic carbocycles. The van der Waals surface area contributed by atoms with Gasteiger partial charge in [0.15, 0.2) is 0 Å². The molecule has 0 N–H and O–H groups in total. The molecule has 0 atom stereocenters. The van der Waals surface area contributed by atoms with Crippen molar-refractivity contribution < 1.29 is 4.74 Å². The Bertz CT molecular complexity index is 2080. The van der Waals surface area contributed by atoms with Crippen LogP contribution in [0.4, 0.5) is 17.1 Å². The molecule has 0 aromatic heterocycles. The van der Waals surface area contributed by atoms with Crippen LogP contribution in [0, 0.1) is 23.7 Å². The van der Waals surface area contributed by atoms with Gasteiger partial charge < -0.3 is 9.64 Å². The average molecular weight is 656 g/mol. The Kier molecular flexibility index (Phi) is 6.62. The van der Waals surface area contributed by atoms with Crippen molar-refractivity contribution in [3.63, 3.8) is 0 Å². The molecule has 50 heavy (non-hydrogen) atoms. The lowest BCUT2D eigenvalue weighted by Crippen LogP contribution is -2.57. The summed E-state index contributed by atoms with van der Waals surface area (Å²) < 4.78 is 7.16. The maximum absolute atomic E-state index is 7.16. The fraction of sp³-hybridized carbons (Fsp3) is 0.375. The Morgan fingerprint density at radius 1 is 0.520 bits per heavy atom. The fourth-order valence-electron chi connectivity index (χ4n) is 11.7. The van der Waals surface area contributed by atoms with Crippen molar-refractivity contribution in [3.8, 4) is 22.6 Å². The molecule has 5 aliphatic carbocycles. The Labute approximate surface area is 298 Å². The van der Waals surface area contributed by atoms with E-state index in [2.05, 4.69) is 148 Å². The number of anilines is 3. The van der Waals surface area contributed by atoms with Crippen LogP contribution in [0.5, 0.6) is 11.5 Å². The first-order valence-corrected chi connectivity index (χ1v) is 19.2. The molecule has 2 heteroatoms. The molecule has 0 amide bonds. The molecule has 4 fully saturated rings. The van der Waals surface area contributed by atoms with Crippen LogP contribution in [0.3, 0.4) is 0 Å². The molecular formula is C48H49NO. The lowest BCUT2D eigenvalue weighted by molar-refractivity contribution is -0.0449. The standard InChI is InChI=1S/C48H49NO/c1-46(2)22-23-47(3,4)42-29-37(18-20-40(42)46)49(36-14-9-6-10-15-36)38-19-21-41-44(30-38)50-43-17-11-16-39(33-12-7-5-8-13-33)45(43)48(41)34-25-31-24-32(27-34)28-35(48)26-31/h5-21,29-32,34-35H,22-28H2,1-4H3. The van der Waals surface area contributed by atoms with E-state index >= 15 is 0 Å². The van der Waals surface area contributed by atoms with Crippen molar-refractivity contribution in [1.29, 1.82) is 0 Å². The molecule has 1 heterocycles. The van der Waals surface area contributed by atoms with Gasteiger partial charge in [-0.1, -0.05) is 100 Å². The number of fused-ring (bicyclic) bond motifs is 3. The molecule has 4 bridgehead atoms. The molecule has 5 aromatic rings. The van der Waals surface area contributed by atoms with Crippen molar-refractivity contribution in [2.24, 2.45) is 23.7 Å². The molecule has 0 radical (unpaired) electrons. The monoisotopic (exact) mass is 655 g/mol. The number of benzene rings is 5. The SMILES string of the molecule is CC1(C)CCC(C)(C)c2cc(N(c3ccccc3)c3ccc4c(c3)Oc3cccc(-c5ccccc5)c3C43C4CC5CC(C4)CC3C5)ccc21. The van der Waals surface area contributed by atoms with Crippen LogP contribution < -0.4 is 9.64 Å². The lowest BCUT2D eigenvalue weighted by Gasteiger charge is -2.63. The number of nitrogens with zero attached hydrogens (tertiary/aromatic N) is 1. The first-order valence-electron chi connectivity index (χ1n) is 19.2. The topological polar surface area (TPSA) is 12.5 Å². The van der Waals surface area contributed by atoms with Gasteiger partial charge in [0.05, 0.1) is 0 Å². The summed E-state index contributed by atoms with van der Waals surface area (Å²) in [4.78, 5) is 2.46. The number of hydrogen-bond donors (Lipinski definition) is 0. The van der Waals surface area contributed by atoms with E-state index in [9.17, 15) is 0 Å². The number of ether oxygens (including phenoxy) is 1. The molecule has 0 unspecified atom stereocenters. The minimum Gasteiger partial charge on any atom is -0.457 e. The van der Waals surface area contributed by atoms with E-state index < -0.39 is 0 Å². The van der Waals surface area contributed by atoms with E-state index in [0.29, 0.717) is 11.8 Å². The quantitative estimate of drug-likeness (QED) is 0.191. The molecule has 0 saturated heterocycles. The second kappa shape index (κ2) is 10.8. The summed E-state index contributed by atoms with van der Waals surface area (Å²) in [5, 5.41) is 0. The van der Waals surface area contributed by atoms with Gasteiger partial charge in [-0.05, 0) is 138 Å². The third-order valence-electron chi connectivity index (χ3n) is 13.9. The number of para-hydroxylation sites is 1. The van der Waals surface area contributed by atoms with Crippen LogP contribution in [-0.4, -0.2) is 0 Å². The molecular weight excluding hydrogens is 607 g/mol. The molecule has 11 rings (SSSR count). The van der Waals surface area contributed by atoms with Crippen molar-refractivity contribution in [1.82, 2.24) is 0 Å². The highest BCUT2D eigenvalue weighted by Gasteiger charge is 2.62. The first-order chi connectivity index (χ1) is 24.2. The Hall–Kier alpha value is -4.30. The van der Waals surface area contributed by atoms with Crippen molar-refractivity contribution in [2.45, 2.75) is 88.9 Å². The molecule has 252 valence electrons. The van der Waals surface area contributed by atoms with Crippen LogP contribution in [0.15, 0.2) is 115 Å². The highest BCUT2D eigenvalue weighted by Crippen LogP contribution is 2.70. The van der Waals surface area contributed by atoms with Crippen LogP contribution in [0.25, 0.3) is 11.1 Å². The summed E-state index contributed by atoms with van der Waals surface area (Å²) in [6.07, 6.45) is 9.23. The third kappa shape index (κ3) is 4.39. The number of rotatable bonds is 4. The zero-order valence-electron chi connectivity index (χ0n) is 30.1. The van der Waals surface area contributed by atoms with Gasteiger partial charge >= 0.3 is 0 Å². The maximum Gasteiger partial charge on any atom is 0.133 e. The molecule has 4 saturated carbocycles. The fourth-order valence-corrected chi connectivity index (χ4v) is 11.7. The second-order valence-corrected chi connectivity index (χ2v) is 17.7. The zero-order chi connectivity index (χ0) is 33.8. The van der Waals surface area contributed by atoms with Crippen LogP contribution in [-0.2, 0) is 16.2 Å². The lowest BCUT2D eigenvalue weighted by atomic mass is 9.41. The van der Waals surface area contributed by atoms with E-state index in [1.54, 1.807) is 0 Å². The van der Waals surface area contributed by atoms with Gasteiger partial charge in [0.25, 0.3) is 0 Å². The van der Waals surface area contributed by atoms with E-state index in [0.717, 1.165) is 29.0 Å². The summed E-state index contributed by atoms with van der Waals surface area (Å²) in [7, 11) is 0. The maximum atomic E-state index is 7.16. The Morgan fingerprint density at radius 3 is 1.80 bits per heavy atom. The van der Waals surface area contributed by atoms with E-state index in [1.807, 2.05) is 0 Å². The highest BCUT2D eigenvalue weighted by molar-refractivity contribution is 5.81. The van der Waals surface area contributed by atoms with Gasteiger partial charge in [-0.2, -0.15) is 0 Å². The van der Waals surface area contributed by atoms with Gasteiger partial charge in [-0.3, -0.25) is 0 Å². The third-order valence-corrected chi connectivity index (χ3v) is 13.9. The van der Waals surface area contributed by atoms with Crippen molar-refractivity contribution in [2.75, 3.05) is 4.90 Å². The van der Waals surface area contributed by atoms with Crippen molar-refractivity contribution in [3.05, 3.63) is 138 Å². The summed E-state index contributed by atoms with van der Waals surface area (Å²) in [6.45, 7) is 9.68. The van der Waals surface area contributed by atoms with Crippen LogP contribution >= 0.6 is 0 Å². The predicted molar refractivity (Wildman–Crippen MR) is 206 cm³/mol. The van der Waals surface area contributed by atoms with Gasteiger partial charge in [-0.25, -0.2) is 0 Å².